The summed E-state index contributed by atoms with van der Waals surface area (Å²) in [6, 6.07) is 52.8. The lowest BCUT2D eigenvalue weighted by molar-refractivity contribution is 0.656. The van der Waals surface area contributed by atoms with Crippen LogP contribution in [0, 0.1) is 0 Å². The molecule has 0 N–H and O–H groups in total. The number of nitrogens with zero attached hydrogens (tertiary/aromatic N) is 1. The molecule has 262 valence electrons. The zero-order valence-corrected chi connectivity index (χ0v) is 31.0. The van der Waals surface area contributed by atoms with Gasteiger partial charge >= 0.3 is 0 Å². The van der Waals surface area contributed by atoms with Gasteiger partial charge in [0.25, 0.3) is 0 Å². The van der Waals surface area contributed by atoms with Crippen LogP contribution in [0.2, 0.25) is 0 Å². The van der Waals surface area contributed by atoms with E-state index in [0.717, 1.165) is 34.1 Å². The lowest BCUT2D eigenvalue weighted by Gasteiger charge is -2.25. The van der Waals surface area contributed by atoms with Gasteiger partial charge in [0.15, 0.2) is 0 Å². The standard InChI is InChI=1S/C52H37NO2/c1-30-26-33(35-16-11-17-39-37-14-7-9-18-45(37)55-51(35)39)28-42-41-27-32(31-12-5-4-6-13-31)20-24-44(41)53(50(30)42)34-21-22-36-38-23-25-47-48(40-15-8-10-19-46(40)54-47)49(38)52(2,3)43(36)29-34/h4-25,27-30H,26H2,1-3H3. The summed E-state index contributed by atoms with van der Waals surface area (Å²) in [6.07, 6.45) is 3.37. The molecule has 7 aromatic carbocycles. The van der Waals surface area contributed by atoms with Crippen LogP contribution in [0.4, 0.5) is 0 Å². The maximum atomic E-state index is 6.58. The van der Waals surface area contributed by atoms with Gasteiger partial charge in [-0.15, -0.1) is 0 Å². The van der Waals surface area contributed by atoms with E-state index < -0.39 is 0 Å². The normalized spacial score (nSPS) is 15.9. The van der Waals surface area contributed by atoms with Crippen molar-refractivity contribution in [3.8, 4) is 27.9 Å². The summed E-state index contributed by atoms with van der Waals surface area (Å²) in [5, 5.41) is 6.02. The van der Waals surface area contributed by atoms with Gasteiger partial charge < -0.3 is 13.4 Å². The molecule has 10 aromatic rings. The molecule has 0 bridgehead atoms. The number of furan rings is 2. The minimum Gasteiger partial charge on any atom is -0.456 e. The van der Waals surface area contributed by atoms with Gasteiger partial charge in [0, 0.05) is 60.8 Å². The van der Waals surface area contributed by atoms with Crippen LogP contribution in [-0.2, 0) is 5.41 Å². The molecule has 0 radical (unpaired) electrons. The highest BCUT2D eigenvalue weighted by molar-refractivity contribution is 6.12. The number of rotatable bonds is 3. The first kappa shape index (κ1) is 30.8. The van der Waals surface area contributed by atoms with Gasteiger partial charge in [0.1, 0.15) is 22.3 Å². The number of benzene rings is 7. The first-order valence-electron chi connectivity index (χ1n) is 19.4. The van der Waals surface area contributed by atoms with Crippen LogP contribution >= 0.6 is 0 Å². The van der Waals surface area contributed by atoms with Crippen LogP contribution in [0.5, 0.6) is 0 Å². The van der Waals surface area contributed by atoms with Crippen molar-refractivity contribution in [2.24, 2.45) is 0 Å². The Hall–Kier alpha value is -6.58. The van der Waals surface area contributed by atoms with Crippen molar-refractivity contribution in [1.29, 1.82) is 0 Å². The number of aromatic nitrogens is 1. The molecular formula is C52H37NO2. The molecule has 0 aliphatic heterocycles. The molecule has 2 aliphatic rings. The average Bonchev–Trinajstić information content (AvgIpc) is 3.94. The van der Waals surface area contributed by atoms with Gasteiger partial charge in [-0.25, -0.2) is 0 Å². The first-order valence-corrected chi connectivity index (χ1v) is 19.4. The number of hydrogen-bond donors (Lipinski definition) is 0. The van der Waals surface area contributed by atoms with Crippen molar-refractivity contribution in [3.05, 3.63) is 174 Å². The fraction of sp³-hybridized carbons (Fsp3) is 0.115. The van der Waals surface area contributed by atoms with E-state index in [1.165, 1.54) is 88.5 Å². The Bertz CT molecular complexity index is 3270. The monoisotopic (exact) mass is 707 g/mol. The summed E-state index contributed by atoms with van der Waals surface area (Å²) in [5.74, 6) is 0.262. The summed E-state index contributed by atoms with van der Waals surface area (Å²) in [6.45, 7) is 7.16. The quantitative estimate of drug-likeness (QED) is 0.183. The van der Waals surface area contributed by atoms with Crippen molar-refractivity contribution in [1.82, 2.24) is 4.57 Å². The summed E-state index contributed by atoms with van der Waals surface area (Å²) in [4.78, 5) is 0. The van der Waals surface area contributed by atoms with E-state index in [2.05, 4.69) is 177 Å². The van der Waals surface area contributed by atoms with Gasteiger partial charge in [-0.1, -0.05) is 124 Å². The SMILES string of the molecule is CC1CC(c2cccc3c2oc2ccccc23)=Cc2c1n(-c1ccc3c(c1)C(C)(C)c1c-3ccc3oc4ccccc4c13)c1ccc(-c3ccccc3)cc21. The Morgan fingerprint density at radius 3 is 2.18 bits per heavy atom. The van der Waals surface area contributed by atoms with Crippen LogP contribution in [0.25, 0.3) is 94.4 Å². The van der Waals surface area contributed by atoms with Crippen LogP contribution < -0.4 is 0 Å². The molecule has 3 heteroatoms. The maximum absolute atomic E-state index is 6.58. The van der Waals surface area contributed by atoms with Gasteiger partial charge in [0.05, 0.1) is 5.52 Å². The Morgan fingerprint density at radius 1 is 0.582 bits per heavy atom. The predicted molar refractivity (Wildman–Crippen MR) is 228 cm³/mol. The highest BCUT2D eigenvalue weighted by Crippen LogP contribution is 2.54. The molecule has 0 saturated carbocycles. The fourth-order valence-electron chi connectivity index (χ4n) is 10.2. The van der Waals surface area contributed by atoms with E-state index in [0.29, 0.717) is 0 Å². The number of hydrogen-bond acceptors (Lipinski definition) is 2. The van der Waals surface area contributed by atoms with Gasteiger partial charge in [-0.2, -0.15) is 0 Å². The number of allylic oxidation sites excluding steroid dienone is 1. The van der Waals surface area contributed by atoms with Crippen molar-refractivity contribution in [2.75, 3.05) is 0 Å². The highest BCUT2D eigenvalue weighted by atomic mass is 16.3. The van der Waals surface area contributed by atoms with Gasteiger partial charge in [-0.05, 0) is 93.9 Å². The molecule has 0 fully saturated rings. The molecule has 3 aromatic heterocycles. The van der Waals surface area contributed by atoms with E-state index in [4.69, 9.17) is 8.83 Å². The summed E-state index contributed by atoms with van der Waals surface area (Å²) < 4.78 is 15.5. The molecule has 0 spiro atoms. The third-order valence-corrected chi connectivity index (χ3v) is 12.6. The van der Waals surface area contributed by atoms with Crippen LogP contribution in [0.15, 0.2) is 154 Å². The Balaban J connectivity index is 1.09. The number of para-hydroxylation sites is 3. The summed E-state index contributed by atoms with van der Waals surface area (Å²) in [7, 11) is 0. The zero-order chi connectivity index (χ0) is 36.6. The lowest BCUT2D eigenvalue weighted by atomic mass is 9.80. The Kier molecular flexibility index (Phi) is 6.16. The molecule has 2 aliphatic carbocycles. The predicted octanol–water partition coefficient (Wildman–Crippen LogP) is 14.5. The molecule has 1 unspecified atom stereocenters. The molecule has 0 amide bonds. The second-order valence-corrected chi connectivity index (χ2v) is 16.1. The molecule has 3 heterocycles. The maximum Gasteiger partial charge on any atom is 0.142 e. The van der Waals surface area contributed by atoms with E-state index in [1.54, 1.807) is 0 Å². The molecule has 55 heavy (non-hydrogen) atoms. The van der Waals surface area contributed by atoms with E-state index >= 15 is 0 Å². The summed E-state index contributed by atoms with van der Waals surface area (Å²) >= 11 is 0. The summed E-state index contributed by atoms with van der Waals surface area (Å²) in [5.41, 5.74) is 18.9. The van der Waals surface area contributed by atoms with Crippen LogP contribution in [0.1, 0.15) is 61.1 Å². The zero-order valence-electron chi connectivity index (χ0n) is 31.0. The smallest absolute Gasteiger partial charge is 0.142 e. The molecule has 3 nitrogen and oxygen atoms in total. The molecular weight excluding hydrogens is 671 g/mol. The van der Waals surface area contributed by atoms with Crippen molar-refractivity contribution < 1.29 is 8.83 Å². The second kappa shape index (κ2) is 11.0. The topological polar surface area (TPSA) is 31.2 Å². The van der Waals surface area contributed by atoms with Crippen LogP contribution in [0.3, 0.4) is 0 Å². The average molecular weight is 708 g/mol. The minimum absolute atomic E-state index is 0.222. The molecule has 0 saturated heterocycles. The first-order chi connectivity index (χ1) is 26.9. The van der Waals surface area contributed by atoms with E-state index in [1.807, 2.05) is 0 Å². The number of fused-ring (bicyclic) bond motifs is 13. The highest BCUT2D eigenvalue weighted by Gasteiger charge is 2.39. The minimum atomic E-state index is -0.222. The third-order valence-electron chi connectivity index (χ3n) is 12.6. The molecule has 1 atom stereocenters. The molecule has 12 rings (SSSR count). The van der Waals surface area contributed by atoms with E-state index in [9.17, 15) is 0 Å². The van der Waals surface area contributed by atoms with Crippen LogP contribution in [-0.4, -0.2) is 4.57 Å². The van der Waals surface area contributed by atoms with Crippen molar-refractivity contribution >= 4 is 66.4 Å². The second-order valence-electron chi connectivity index (χ2n) is 16.1. The van der Waals surface area contributed by atoms with Crippen molar-refractivity contribution in [3.63, 3.8) is 0 Å². The third kappa shape index (κ3) is 4.21. The van der Waals surface area contributed by atoms with Crippen molar-refractivity contribution in [2.45, 2.75) is 38.5 Å². The Labute approximate surface area is 318 Å². The largest absolute Gasteiger partial charge is 0.456 e. The Morgan fingerprint density at radius 2 is 1.33 bits per heavy atom. The lowest BCUT2D eigenvalue weighted by Crippen LogP contribution is -2.16. The van der Waals surface area contributed by atoms with Gasteiger partial charge in [-0.3, -0.25) is 0 Å². The fourth-order valence-corrected chi connectivity index (χ4v) is 10.2. The van der Waals surface area contributed by atoms with E-state index in [-0.39, 0.29) is 11.3 Å². The van der Waals surface area contributed by atoms with Gasteiger partial charge in [0.2, 0.25) is 0 Å².